The van der Waals surface area contributed by atoms with Gasteiger partial charge in [-0.1, -0.05) is 18.2 Å². The van der Waals surface area contributed by atoms with Crippen LogP contribution in [0.2, 0.25) is 0 Å². The van der Waals surface area contributed by atoms with Crippen LogP contribution in [0.5, 0.6) is 0 Å². The van der Waals surface area contributed by atoms with Crippen molar-refractivity contribution in [1.29, 1.82) is 0 Å². The Kier molecular flexibility index (Phi) is 2.91. The van der Waals surface area contributed by atoms with Crippen molar-refractivity contribution in [2.24, 2.45) is 0 Å². The highest BCUT2D eigenvalue weighted by Crippen LogP contribution is 2.31. The molecule has 0 radical (unpaired) electrons. The third-order valence-corrected chi connectivity index (χ3v) is 3.41. The number of benzene rings is 2. The van der Waals surface area contributed by atoms with E-state index in [0.717, 1.165) is 21.8 Å². The van der Waals surface area contributed by atoms with E-state index in [-0.39, 0.29) is 10.6 Å². The molecule has 2 aromatic carbocycles. The van der Waals surface area contributed by atoms with Gasteiger partial charge in [0.2, 0.25) is 0 Å². The second kappa shape index (κ2) is 4.61. The zero-order valence-electron chi connectivity index (χ0n) is 11.0. The number of nitro benzene ring substituents is 1. The number of non-ortho nitro benzene ring substituents is 1. The molecule has 0 saturated heterocycles. The van der Waals surface area contributed by atoms with Crippen LogP contribution >= 0.6 is 0 Å². The minimum Gasteiger partial charge on any atom is -0.392 e. The lowest BCUT2D eigenvalue weighted by atomic mass is 10.1. The number of fused-ring (bicyclic) bond motifs is 3. The van der Waals surface area contributed by atoms with Crippen LogP contribution < -0.4 is 0 Å². The molecule has 1 N–H and O–H groups in total. The molecule has 0 fully saturated rings. The smallest absolute Gasteiger partial charge is 0.270 e. The zero-order valence-corrected chi connectivity index (χ0v) is 11.0. The molecular formula is C15H14N2O3. The Morgan fingerprint density at radius 1 is 1.20 bits per heavy atom. The summed E-state index contributed by atoms with van der Waals surface area (Å²) in [7, 11) is 0. The Bertz CT molecular complexity index is 805. The predicted octanol–water partition coefficient (Wildman–Crippen LogP) is 3.08. The summed E-state index contributed by atoms with van der Waals surface area (Å²) in [4.78, 5) is 10.5. The van der Waals surface area contributed by atoms with Crippen LogP contribution in [0.1, 0.15) is 6.92 Å². The minimum absolute atomic E-state index is 0.0810. The van der Waals surface area contributed by atoms with Crippen molar-refractivity contribution < 1.29 is 10.0 Å². The molecule has 1 heterocycles. The van der Waals surface area contributed by atoms with Crippen molar-refractivity contribution >= 4 is 27.5 Å². The quantitative estimate of drug-likeness (QED) is 0.587. The van der Waals surface area contributed by atoms with Crippen LogP contribution in [0.3, 0.4) is 0 Å². The molecule has 5 heteroatoms. The summed E-state index contributed by atoms with van der Waals surface area (Å²) in [6.07, 6.45) is -0.482. The fourth-order valence-corrected chi connectivity index (χ4v) is 2.62. The van der Waals surface area contributed by atoms with E-state index >= 15 is 0 Å². The summed E-state index contributed by atoms with van der Waals surface area (Å²) in [6, 6.07) is 12.6. The second-order valence-corrected chi connectivity index (χ2v) is 4.94. The van der Waals surface area contributed by atoms with Gasteiger partial charge in [-0.25, -0.2) is 0 Å². The lowest BCUT2D eigenvalue weighted by Crippen LogP contribution is -2.11. The van der Waals surface area contributed by atoms with E-state index in [1.807, 2.05) is 28.8 Å². The second-order valence-electron chi connectivity index (χ2n) is 4.94. The van der Waals surface area contributed by atoms with Gasteiger partial charge in [0.25, 0.3) is 5.69 Å². The molecule has 0 amide bonds. The Morgan fingerprint density at radius 3 is 2.60 bits per heavy atom. The first-order valence-electron chi connectivity index (χ1n) is 6.41. The molecule has 102 valence electrons. The molecule has 0 aliphatic rings. The van der Waals surface area contributed by atoms with Crippen molar-refractivity contribution in [2.45, 2.75) is 19.6 Å². The molecule has 0 bridgehead atoms. The highest BCUT2D eigenvalue weighted by Gasteiger charge is 2.15. The zero-order chi connectivity index (χ0) is 14.3. The van der Waals surface area contributed by atoms with Crippen LogP contribution in [-0.4, -0.2) is 20.7 Å². The SMILES string of the molecule is C[C@@H](O)Cn1c2ccccc2c2cc([N+](=O)[O-])ccc21. The Hall–Kier alpha value is -2.40. The number of hydrogen-bond acceptors (Lipinski definition) is 3. The number of nitro groups is 1. The van der Waals surface area contributed by atoms with E-state index in [1.165, 1.54) is 6.07 Å². The summed E-state index contributed by atoms with van der Waals surface area (Å²) < 4.78 is 2.00. The van der Waals surface area contributed by atoms with Gasteiger partial charge in [0, 0.05) is 40.5 Å². The van der Waals surface area contributed by atoms with Gasteiger partial charge in [-0.3, -0.25) is 10.1 Å². The van der Waals surface area contributed by atoms with E-state index in [1.54, 1.807) is 19.1 Å². The first kappa shape index (κ1) is 12.6. The fourth-order valence-electron chi connectivity index (χ4n) is 2.62. The van der Waals surface area contributed by atoms with E-state index in [2.05, 4.69) is 0 Å². The molecule has 1 aromatic heterocycles. The lowest BCUT2D eigenvalue weighted by molar-refractivity contribution is -0.384. The molecule has 3 rings (SSSR count). The van der Waals surface area contributed by atoms with Gasteiger partial charge in [-0.15, -0.1) is 0 Å². The summed E-state index contributed by atoms with van der Waals surface area (Å²) in [5.41, 5.74) is 1.96. The Balaban J connectivity index is 2.38. The van der Waals surface area contributed by atoms with Crippen LogP contribution in [0, 0.1) is 10.1 Å². The molecular weight excluding hydrogens is 256 g/mol. The summed E-state index contributed by atoms with van der Waals surface area (Å²) in [6.45, 7) is 2.19. The van der Waals surface area contributed by atoms with Crippen molar-refractivity contribution in [3.63, 3.8) is 0 Å². The molecule has 3 aromatic rings. The summed E-state index contributed by atoms with van der Waals surface area (Å²) in [5.74, 6) is 0. The average molecular weight is 270 g/mol. The number of para-hydroxylation sites is 1. The maximum Gasteiger partial charge on any atom is 0.270 e. The average Bonchev–Trinajstić information content (AvgIpc) is 2.73. The van der Waals surface area contributed by atoms with Gasteiger partial charge >= 0.3 is 0 Å². The normalized spacial score (nSPS) is 12.9. The molecule has 0 unspecified atom stereocenters. The molecule has 0 saturated carbocycles. The van der Waals surface area contributed by atoms with Crippen molar-refractivity contribution in [2.75, 3.05) is 0 Å². The number of hydrogen-bond donors (Lipinski definition) is 1. The first-order chi connectivity index (χ1) is 9.58. The number of rotatable bonds is 3. The highest BCUT2D eigenvalue weighted by molar-refractivity contribution is 6.08. The van der Waals surface area contributed by atoms with E-state index in [9.17, 15) is 15.2 Å². The third kappa shape index (κ3) is 1.92. The van der Waals surface area contributed by atoms with Crippen LogP contribution in [-0.2, 0) is 6.54 Å². The molecule has 0 aliphatic carbocycles. The fraction of sp³-hybridized carbons (Fsp3) is 0.200. The van der Waals surface area contributed by atoms with Crippen LogP contribution in [0.4, 0.5) is 5.69 Å². The van der Waals surface area contributed by atoms with Gasteiger partial charge in [-0.2, -0.15) is 0 Å². The van der Waals surface area contributed by atoms with Gasteiger partial charge in [-0.05, 0) is 19.1 Å². The molecule has 0 aliphatic heterocycles. The number of aliphatic hydroxyl groups excluding tert-OH is 1. The van der Waals surface area contributed by atoms with Crippen LogP contribution in [0.25, 0.3) is 21.8 Å². The third-order valence-electron chi connectivity index (χ3n) is 3.41. The predicted molar refractivity (Wildman–Crippen MR) is 77.8 cm³/mol. The summed E-state index contributed by atoms with van der Waals surface area (Å²) in [5, 5.41) is 22.4. The first-order valence-corrected chi connectivity index (χ1v) is 6.41. The van der Waals surface area contributed by atoms with Gasteiger partial charge < -0.3 is 9.67 Å². The number of nitrogens with zero attached hydrogens (tertiary/aromatic N) is 2. The topological polar surface area (TPSA) is 68.3 Å². The molecule has 0 spiro atoms. The molecule has 5 nitrogen and oxygen atoms in total. The van der Waals surface area contributed by atoms with Crippen LogP contribution in [0.15, 0.2) is 42.5 Å². The van der Waals surface area contributed by atoms with Crippen molar-refractivity contribution in [1.82, 2.24) is 4.57 Å². The van der Waals surface area contributed by atoms with Gasteiger partial charge in [0.15, 0.2) is 0 Å². The van der Waals surface area contributed by atoms with E-state index in [0.29, 0.717) is 6.54 Å². The lowest BCUT2D eigenvalue weighted by Gasteiger charge is -2.09. The maximum absolute atomic E-state index is 10.9. The number of aliphatic hydroxyl groups is 1. The summed E-state index contributed by atoms with van der Waals surface area (Å²) >= 11 is 0. The standard InChI is InChI=1S/C15H14N2O3/c1-10(18)9-16-14-5-3-2-4-12(14)13-8-11(17(19)20)6-7-15(13)16/h2-8,10,18H,9H2,1H3/t10-/m1/s1. The molecule has 1 atom stereocenters. The van der Waals surface area contributed by atoms with Gasteiger partial charge in [0.1, 0.15) is 0 Å². The largest absolute Gasteiger partial charge is 0.392 e. The van der Waals surface area contributed by atoms with E-state index in [4.69, 9.17) is 0 Å². The minimum atomic E-state index is -0.482. The van der Waals surface area contributed by atoms with Crippen molar-refractivity contribution in [3.8, 4) is 0 Å². The maximum atomic E-state index is 10.9. The molecule has 20 heavy (non-hydrogen) atoms. The van der Waals surface area contributed by atoms with Crippen molar-refractivity contribution in [3.05, 3.63) is 52.6 Å². The number of aromatic nitrogens is 1. The van der Waals surface area contributed by atoms with E-state index < -0.39 is 6.10 Å². The Morgan fingerprint density at radius 2 is 1.90 bits per heavy atom. The highest BCUT2D eigenvalue weighted by atomic mass is 16.6. The Labute approximate surface area is 115 Å². The van der Waals surface area contributed by atoms with Gasteiger partial charge in [0.05, 0.1) is 11.0 Å². The monoisotopic (exact) mass is 270 g/mol.